The number of amides is 1. The molecule has 0 aliphatic heterocycles. The Balaban J connectivity index is 2.23. The zero-order valence-corrected chi connectivity index (χ0v) is 9.99. The number of nitrogens with one attached hydrogen (secondary N) is 2. The van der Waals surface area contributed by atoms with E-state index in [9.17, 15) is 4.79 Å². The summed E-state index contributed by atoms with van der Waals surface area (Å²) in [6.07, 6.45) is 0.888. The van der Waals surface area contributed by atoms with Gasteiger partial charge in [-0.3, -0.25) is 4.79 Å². The second kappa shape index (κ2) is 7.01. The van der Waals surface area contributed by atoms with Crippen LogP contribution >= 0.6 is 0 Å². The van der Waals surface area contributed by atoms with Crippen molar-refractivity contribution in [1.29, 1.82) is 0 Å². The molecule has 0 bridgehead atoms. The van der Waals surface area contributed by atoms with E-state index < -0.39 is 0 Å². The number of rotatable bonds is 6. The highest BCUT2D eigenvalue weighted by Gasteiger charge is 2.10. The van der Waals surface area contributed by atoms with Gasteiger partial charge in [0.15, 0.2) is 0 Å². The highest BCUT2D eigenvalue weighted by Crippen LogP contribution is 1.99. The molecule has 3 nitrogen and oxygen atoms in total. The van der Waals surface area contributed by atoms with Gasteiger partial charge in [-0.1, -0.05) is 37.3 Å². The molecule has 1 aromatic carbocycles. The van der Waals surface area contributed by atoms with Crippen LogP contribution in [0.4, 0.5) is 0 Å². The van der Waals surface area contributed by atoms with Gasteiger partial charge in [-0.25, -0.2) is 0 Å². The van der Waals surface area contributed by atoms with Crippen LogP contribution in [0.3, 0.4) is 0 Å². The van der Waals surface area contributed by atoms with Crippen LogP contribution in [-0.4, -0.2) is 26.0 Å². The lowest BCUT2D eigenvalue weighted by Crippen LogP contribution is -2.35. The second-order valence-corrected chi connectivity index (χ2v) is 3.99. The topological polar surface area (TPSA) is 41.1 Å². The fourth-order valence-corrected chi connectivity index (χ4v) is 1.55. The molecule has 3 heteroatoms. The Hall–Kier alpha value is -1.35. The Bertz CT molecular complexity index is 311. The van der Waals surface area contributed by atoms with Crippen LogP contribution in [0.25, 0.3) is 0 Å². The molecule has 0 fully saturated rings. The minimum Gasteiger partial charge on any atom is -0.355 e. The summed E-state index contributed by atoms with van der Waals surface area (Å²) in [5.74, 6) is 0.144. The Morgan fingerprint density at radius 1 is 1.31 bits per heavy atom. The van der Waals surface area contributed by atoms with Crippen LogP contribution < -0.4 is 10.6 Å². The van der Waals surface area contributed by atoms with E-state index >= 15 is 0 Å². The average molecular weight is 220 g/mol. The number of carbonyl (C=O) groups is 1. The van der Waals surface area contributed by atoms with Crippen molar-refractivity contribution in [2.24, 2.45) is 5.92 Å². The summed E-state index contributed by atoms with van der Waals surface area (Å²) in [5, 5.41) is 5.93. The first kappa shape index (κ1) is 12.7. The fraction of sp³-hybridized carbons (Fsp3) is 0.462. The summed E-state index contributed by atoms with van der Waals surface area (Å²) in [5.41, 5.74) is 1.25. The molecular formula is C13H20N2O. The first-order valence-corrected chi connectivity index (χ1v) is 5.70. The highest BCUT2D eigenvalue weighted by atomic mass is 16.1. The summed E-state index contributed by atoms with van der Waals surface area (Å²) in [6.45, 7) is 3.35. The monoisotopic (exact) mass is 220 g/mol. The molecule has 0 saturated heterocycles. The molecular weight excluding hydrogens is 200 g/mol. The zero-order chi connectivity index (χ0) is 11.8. The average Bonchev–Trinajstić information content (AvgIpc) is 2.30. The predicted molar refractivity (Wildman–Crippen MR) is 66.2 cm³/mol. The van der Waals surface area contributed by atoms with Gasteiger partial charge in [-0.05, 0) is 19.0 Å². The smallest absolute Gasteiger partial charge is 0.224 e. The number of hydrogen-bond acceptors (Lipinski definition) is 2. The van der Waals surface area contributed by atoms with E-state index in [1.54, 1.807) is 0 Å². The fourth-order valence-electron chi connectivity index (χ4n) is 1.55. The second-order valence-electron chi connectivity index (χ2n) is 3.99. The molecule has 88 valence electrons. The molecule has 1 rings (SSSR count). The maximum atomic E-state index is 11.6. The third kappa shape index (κ3) is 4.45. The molecule has 0 aliphatic carbocycles. The molecule has 0 heterocycles. The van der Waals surface area contributed by atoms with Crippen LogP contribution in [0.5, 0.6) is 0 Å². The first-order valence-electron chi connectivity index (χ1n) is 5.70. The molecule has 16 heavy (non-hydrogen) atoms. The Morgan fingerprint density at radius 2 is 2.00 bits per heavy atom. The van der Waals surface area contributed by atoms with Crippen LogP contribution in [0.15, 0.2) is 30.3 Å². The van der Waals surface area contributed by atoms with Gasteiger partial charge < -0.3 is 10.6 Å². The minimum absolute atomic E-state index is 0.0285. The molecule has 1 unspecified atom stereocenters. The van der Waals surface area contributed by atoms with E-state index in [0.717, 1.165) is 13.0 Å². The van der Waals surface area contributed by atoms with Crippen molar-refractivity contribution >= 4 is 5.91 Å². The van der Waals surface area contributed by atoms with Gasteiger partial charge in [0, 0.05) is 19.0 Å². The lowest BCUT2D eigenvalue weighted by molar-refractivity contribution is -0.124. The van der Waals surface area contributed by atoms with Crippen LogP contribution in [0.2, 0.25) is 0 Å². The number of hydrogen-bond donors (Lipinski definition) is 2. The van der Waals surface area contributed by atoms with Gasteiger partial charge >= 0.3 is 0 Å². The third-order valence-corrected chi connectivity index (χ3v) is 2.51. The molecule has 1 aromatic rings. The Morgan fingerprint density at radius 3 is 2.62 bits per heavy atom. The maximum absolute atomic E-state index is 11.6. The van der Waals surface area contributed by atoms with Crippen molar-refractivity contribution in [2.75, 3.05) is 20.1 Å². The first-order chi connectivity index (χ1) is 7.74. The van der Waals surface area contributed by atoms with Gasteiger partial charge in [0.1, 0.15) is 0 Å². The third-order valence-electron chi connectivity index (χ3n) is 2.51. The molecule has 1 atom stereocenters. The summed E-state index contributed by atoms with van der Waals surface area (Å²) in [6, 6.07) is 10.2. The molecule has 2 N–H and O–H groups in total. The van der Waals surface area contributed by atoms with Crippen LogP contribution in [0, 0.1) is 5.92 Å². The molecule has 0 aliphatic rings. The summed E-state index contributed by atoms with van der Waals surface area (Å²) in [4.78, 5) is 11.6. The summed E-state index contributed by atoms with van der Waals surface area (Å²) < 4.78 is 0. The van der Waals surface area contributed by atoms with E-state index in [1.165, 1.54) is 5.56 Å². The minimum atomic E-state index is 0.0285. The van der Waals surface area contributed by atoms with Gasteiger partial charge in [0.25, 0.3) is 0 Å². The lowest BCUT2D eigenvalue weighted by atomic mass is 10.1. The Labute approximate surface area is 97.2 Å². The van der Waals surface area contributed by atoms with Crippen LogP contribution in [-0.2, 0) is 11.2 Å². The molecule has 0 spiro atoms. The van der Waals surface area contributed by atoms with Crippen molar-refractivity contribution in [3.63, 3.8) is 0 Å². The van der Waals surface area contributed by atoms with Gasteiger partial charge in [0.2, 0.25) is 5.91 Å². The molecule has 1 amide bonds. The van der Waals surface area contributed by atoms with Crippen molar-refractivity contribution in [2.45, 2.75) is 13.3 Å². The van der Waals surface area contributed by atoms with E-state index in [2.05, 4.69) is 22.8 Å². The summed E-state index contributed by atoms with van der Waals surface area (Å²) >= 11 is 0. The number of benzene rings is 1. The van der Waals surface area contributed by atoms with Crippen LogP contribution in [0.1, 0.15) is 12.5 Å². The molecule has 0 saturated carbocycles. The van der Waals surface area contributed by atoms with Crippen molar-refractivity contribution < 1.29 is 4.79 Å². The zero-order valence-electron chi connectivity index (χ0n) is 9.99. The maximum Gasteiger partial charge on any atom is 0.224 e. The van der Waals surface area contributed by atoms with Crippen molar-refractivity contribution in [3.8, 4) is 0 Å². The Kier molecular flexibility index (Phi) is 5.57. The van der Waals surface area contributed by atoms with E-state index in [0.29, 0.717) is 6.54 Å². The van der Waals surface area contributed by atoms with E-state index in [1.807, 2.05) is 32.2 Å². The van der Waals surface area contributed by atoms with E-state index in [4.69, 9.17) is 0 Å². The molecule has 0 aromatic heterocycles. The van der Waals surface area contributed by atoms with E-state index in [-0.39, 0.29) is 11.8 Å². The van der Waals surface area contributed by atoms with Gasteiger partial charge in [0.05, 0.1) is 0 Å². The van der Waals surface area contributed by atoms with Crippen molar-refractivity contribution in [1.82, 2.24) is 10.6 Å². The largest absolute Gasteiger partial charge is 0.355 e. The number of carbonyl (C=O) groups excluding carboxylic acids is 1. The predicted octanol–water partition coefficient (Wildman–Crippen LogP) is 1.20. The standard InChI is InChI=1S/C13H20N2O/c1-11(10-14-2)13(16)15-9-8-12-6-4-3-5-7-12/h3-7,11,14H,8-10H2,1-2H3,(H,15,16). The quantitative estimate of drug-likeness (QED) is 0.756. The summed E-state index contributed by atoms with van der Waals surface area (Å²) in [7, 11) is 1.85. The van der Waals surface area contributed by atoms with Crippen molar-refractivity contribution in [3.05, 3.63) is 35.9 Å². The normalized spacial score (nSPS) is 12.1. The van der Waals surface area contributed by atoms with Gasteiger partial charge in [-0.2, -0.15) is 0 Å². The lowest BCUT2D eigenvalue weighted by Gasteiger charge is -2.11. The van der Waals surface area contributed by atoms with Gasteiger partial charge in [-0.15, -0.1) is 0 Å². The highest BCUT2D eigenvalue weighted by molar-refractivity contribution is 5.78. The SMILES string of the molecule is CNCC(C)C(=O)NCCc1ccccc1. The molecule has 0 radical (unpaired) electrons.